The van der Waals surface area contributed by atoms with Gasteiger partial charge in [-0.15, -0.1) is 0 Å². The van der Waals surface area contributed by atoms with Crippen LogP contribution in [0, 0.1) is 0 Å². The van der Waals surface area contributed by atoms with Gasteiger partial charge in [0, 0.05) is 5.33 Å². The van der Waals surface area contributed by atoms with Gasteiger partial charge in [0.15, 0.2) is 11.1 Å². The Labute approximate surface area is 98.6 Å². The van der Waals surface area contributed by atoms with Crippen LogP contribution in [0.3, 0.4) is 0 Å². The number of rotatable bonds is 10. The molecule has 0 saturated heterocycles. The molecular weight excluding hydrogens is 264 g/mol. The summed E-state index contributed by atoms with van der Waals surface area (Å²) in [6, 6.07) is 0. The molecule has 4 heteroatoms. The standard InChI is InChI=1S/C10H21BrO2S/c1-2-3-4-5-6-7-9-13-14(12)10-8-11/h2-10H2,1H3. The molecule has 0 N–H and O–H groups in total. The summed E-state index contributed by atoms with van der Waals surface area (Å²) >= 11 is 2.15. The molecule has 0 aromatic rings. The van der Waals surface area contributed by atoms with Crippen LogP contribution in [0.1, 0.15) is 45.4 Å². The smallest absolute Gasteiger partial charge is 0.156 e. The Balaban J connectivity index is 3.01. The highest BCUT2D eigenvalue weighted by atomic mass is 79.9. The van der Waals surface area contributed by atoms with Crippen LogP contribution in [-0.2, 0) is 15.3 Å². The van der Waals surface area contributed by atoms with E-state index in [0.29, 0.717) is 12.4 Å². The van der Waals surface area contributed by atoms with Gasteiger partial charge in [0.05, 0.1) is 12.4 Å². The van der Waals surface area contributed by atoms with E-state index >= 15 is 0 Å². The number of halogens is 1. The molecule has 2 nitrogen and oxygen atoms in total. The summed E-state index contributed by atoms with van der Waals surface area (Å²) in [5.41, 5.74) is 0. The van der Waals surface area contributed by atoms with E-state index in [1.807, 2.05) is 0 Å². The number of hydrogen-bond donors (Lipinski definition) is 0. The molecule has 86 valence electrons. The van der Waals surface area contributed by atoms with Gasteiger partial charge in [-0.2, -0.15) is 0 Å². The molecule has 0 aromatic heterocycles. The van der Waals surface area contributed by atoms with Crippen LogP contribution in [0.15, 0.2) is 0 Å². The first kappa shape index (κ1) is 14.6. The highest BCUT2D eigenvalue weighted by molar-refractivity contribution is 9.09. The molecule has 0 bridgehead atoms. The lowest BCUT2D eigenvalue weighted by Crippen LogP contribution is -2.04. The van der Waals surface area contributed by atoms with Gasteiger partial charge < -0.3 is 0 Å². The van der Waals surface area contributed by atoms with Crippen molar-refractivity contribution in [1.29, 1.82) is 0 Å². The van der Waals surface area contributed by atoms with Gasteiger partial charge in [0.25, 0.3) is 0 Å². The third-order valence-electron chi connectivity index (χ3n) is 1.96. The summed E-state index contributed by atoms with van der Waals surface area (Å²) in [7, 11) is 0. The fourth-order valence-electron chi connectivity index (χ4n) is 1.16. The van der Waals surface area contributed by atoms with Gasteiger partial charge in [0.2, 0.25) is 0 Å². The predicted octanol–water partition coefficient (Wildman–Crippen LogP) is 3.42. The molecule has 0 fully saturated rings. The van der Waals surface area contributed by atoms with E-state index in [-0.39, 0.29) is 0 Å². The van der Waals surface area contributed by atoms with Crippen molar-refractivity contribution < 1.29 is 8.39 Å². The number of hydrogen-bond acceptors (Lipinski definition) is 2. The lowest BCUT2D eigenvalue weighted by Gasteiger charge is -2.02. The van der Waals surface area contributed by atoms with Gasteiger partial charge in [-0.1, -0.05) is 55.0 Å². The van der Waals surface area contributed by atoms with E-state index in [4.69, 9.17) is 4.18 Å². The van der Waals surface area contributed by atoms with Gasteiger partial charge in [-0.3, -0.25) is 4.18 Å². The zero-order chi connectivity index (χ0) is 10.6. The minimum Gasteiger partial charge on any atom is -0.291 e. The highest BCUT2D eigenvalue weighted by Gasteiger charge is 1.97. The Hall–Kier alpha value is 0.590. The maximum atomic E-state index is 11.0. The van der Waals surface area contributed by atoms with Gasteiger partial charge in [0.1, 0.15) is 0 Å². The van der Waals surface area contributed by atoms with E-state index in [1.54, 1.807) is 0 Å². The van der Waals surface area contributed by atoms with Crippen LogP contribution in [0.2, 0.25) is 0 Å². The van der Waals surface area contributed by atoms with Crippen molar-refractivity contribution in [2.75, 3.05) is 17.7 Å². The van der Waals surface area contributed by atoms with E-state index in [2.05, 4.69) is 22.9 Å². The van der Waals surface area contributed by atoms with Crippen molar-refractivity contribution >= 4 is 27.0 Å². The van der Waals surface area contributed by atoms with Crippen molar-refractivity contribution in [2.45, 2.75) is 45.4 Å². The molecule has 0 radical (unpaired) electrons. The summed E-state index contributed by atoms with van der Waals surface area (Å²) in [4.78, 5) is 0. The summed E-state index contributed by atoms with van der Waals surface area (Å²) in [6.45, 7) is 2.86. The fourth-order valence-corrected chi connectivity index (χ4v) is 2.50. The van der Waals surface area contributed by atoms with Crippen LogP contribution in [0.5, 0.6) is 0 Å². The van der Waals surface area contributed by atoms with Gasteiger partial charge in [-0.05, 0) is 6.42 Å². The molecule has 0 saturated carbocycles. The first-order valence-electron chi connectivity index (χ1n) is 5.39. The number of unbranched alkanes of at least 4 members (excludes halogenated alkanes) is 5. The molecule has 0 heterocycles. The molecular formula is C10H21BrO2S. The minimum atomic E-state index is -1.08. The molecule has 0 rings (SSSR count). The Kier molecular flexibility index (Phi) is 12.2. The van der Waals surface area contributed by atoms with Crippen LogP contribution in [-0.4, -0.2) is 21.9 Å². The highest BCUT2D eigenvalue weighted by Crippen LogP contribution is 2.05. The first-order chi connectivity index (χ1) is 6.81. The lowest BCUT2D eigenvalue weighted by molar-refractivity contribution is 0.333. The van der Waals surface area contributed by atoms with E-state index in [9.17, 15) is 4.21 Å². The molecule has 0 aliphatic rings. The van der Waals surface area contributed by atoms with Crippen LogP contribution >= 0.6 is 15.9 Å². The summed E-state index contributed by atoms with van der Waals surface area (Å²) in [5, 5.41) is 0.746. The topological polar surface area (TPSA) is 26.3 Å². The van der Waals surface area contributed by atoms with Crippen molar-refractivity contribution in [3.63, 3.8) is 0 Å². The second kappa shape index (κ2) is 11.7. The Morgan fingerprint density at radius 1 is 1.14 bits per heavy atom. The zero-order valence-electron chi connectivity index (χ0n) is 8.97. The largest absolute Gasteiger partial charge is 0.291 e. The Morgan fingerprint density at radius 3 is 2.43 bits per heavy atom. The van der Waals surface area contributed by atoms with Crippen molar-refractivity contribution in [3.05, 3.63) is 0 Å². The zero-order valence-corrected chi connectivity index (χ0v) is 11.4. The van der Waals surface area contributed by atoms with E-state index in [1.165, 1.54) is 32.1 Å². The fraction of sp³-hybridized carbons (Fsp3) is 1.00. The quantitative estimate of drug-likeness (QED) is 0.454. The second-order valence-electron chi connectivity index (χ2n) is 3.29. The molecule has 0 aliphatic carbocycles. The molecule has 0 amide bonds. The molecule has 14 heavy (non-hydrogen) atoms. The maximum Gasteiger partial charge on any atom is 0.156 e. The number of alkyl halides is 1. The molecule has 0 aliphatic heterocycles. The third kappa shape index (κ3) is 10.7. The first-order valence-corrected chi connectivity index (χ1v) is 7.75. The third-order valence-corrected chi connectivity index (χ3v) is 3.84. The normalized spacial score (nSPS) is 13.0. The Bertz CT molecular complexity index is 142. The monoisotopic (exact) mass is 284 g/mol. The lowest BCUT2D eigenvalue weighted by atomic mass is 10.1. The summed E-state index contributed by atoms with van der Waals surface area (Å²) in [6.07, 6.45) is 7.45. The van der Waals surface area contributed by atoms with Crippen molar-refractivity contribution in [1.82, 2.24) is 0 Å². The summed E-state index contributed by atoms with van der Waals surface area (Å²) < 4.78 is 16.2. The average Bonchev–Trinajstić information content (AvgIpc) is 2.17. The maximum absolute atomic E-state index is 11.0. The van der Waals surface area contributed by atoms with E-state index < -0.39 is 11.1 Å². The SMILES string of the molecule is CCCCCCCCOS(=O)CCBr. The van der Waals surface area contributed by atoms with Gasteiger partial charge >= 0.3 is 0 Å². The molecule has 1 unspecified atom stereocenters. The molecule has 0 spiro atoms. The molecule has 0 aromatic carbocycles. The minimum absolute atomic E-state index is 0.593. The van der Waals surface area contributed by atoms with Gasteiger partial charge in [-0.25, -0.2) is 4.21 Å². The van der Waals surface area contributed by atoms with Crippen LogP contribution in [0.25, 0.3) is 0 Å². The van der Waals surface area contributed by atoms with Crippen molar-refractivity contribution in [2.24, 2.45) is 0 Å². The van der Waals surface area contributed by atoms with Crippen LogP contribution < -0.4 is 0 Å². The molecule has 1 atom stereocenters. The van der Waals surface area contributed by atoms with Crippen molar-refractivity contribution in [3.8, 4) is 0 Å². The van der Waals surface area contributed by atoms with E-state index in [0.717, 1.165) is 11.8 Å². The second-order valence-corrected chi connectivity index (χ2v) is 5.33. The van der Waals surface area contributed by atoms with Crippen LogP contribution in [0.4, 0.5) is 0 Å². The Morgan fingerprint density at radius 2 is 1.79 bits per heavy atom. The average molecular weight is 285 g/mol. The summed E-state index contributed by atoms with van der Waals surface area (Å²) in [5.74, 6) is 0.593. The predicted molar refractivity (Wildman–Crippen MR) is 66.1 cm³/mol.